The maximum Gasteiger partial charge on any atom is 0.409 e. The molecule has 0 aliphatic carbocycles. The van der Waals surface area contributed by atoms with Gasteiger partial charge in [0.05, 0.1) is 13.3 Å². The summed E-state index contributed by atoms with van der Waals surface area (Å²) in [5.74, 6) is 1.65. The van der Waals surface area contributed by atoms with Crippen LogP contribution in [0.2, 0.25) is 0 Å². The van der Waals surface area contributed by atoms with Crippen molar-refractivity contribution >= 4 is 6.09 Å². The first-order chi connectivity index (χ1) is 13.1. The Morgan fingerprint density at radius 3 is 2.67 bits per heavy atom. The van der Waals surface area contributed by atoms with E-state index in [1.165, 1.54) is 7.11 Å². The third-order valence-electron chi connectivity index (χ3n) is 6.72. The van der Waals surface area contributed by atoms with Crippen LogP contribution in [0.4, 0.5) is 4.79 Å². The van der Waals surface area contributed by atoms with E-state index >= 15 is 0 Å². The van der Waals surface area contributed by atoms with E-state index in [4.69, 9.17) is 9.57 Å². The number of carbonyl (C=O) groups excluding carboxylic acids is 1. The summed E-state index contributed by atoms with van der Waals surface area (Å²) >= 11 is 0. The molecule has 0 aromatic rings. The van der Waals surface area contributed by atoms with Gasteiger partial charge in [-0.1, -0.05) is 0 Å². The number of ether oxygens (including phenoxy) is 1. The molecule has 5 unspecified atom stereocenters. The van der Waals surface area contributed by atoms with E-state index in [1.54, 1.807) is 4.90 Å². The highest BCUT2D eigenvalue weighted by atomic mass is 16.7. The van der Waals surface area contributed by atoms with Crippen molar-refractivity contribution in [1.29, 1.82) is 0 Å². The average Bonchev–Trinajstić information content (AvgIpc) is 3.37. The Kier molecular flexibility index (Phi) is 6.15. The molecule has 4 saturated heterocycles. The molecule has 4 rings (SSSR count). The summed E-state index contributed by atoms with van der Waals surface area (Å²) in [5.41, 5.74) is 6.65. The molecule has 4 N–H and O–H groups in total. The minimum Gasteiger partial charge on any atom is -0.453 e. The first kappa shape index (κ1) is 19.4. The molecule has 1 amide bonds. The number of hydrogen-bond donors (Lipinski definition) is 4. The Labute approximate surface area is 161 Å². The average molecular weight is 383 g/mol. The lowest BCUT2D eigenvalue weighted by Crippen LogP contribution is -2.51. The molecule has 9 heteroatoms. The van der Waals surface area contributed by atoms with E-state index in [-0.39, 0.29) is 18.5 Å². The summed E-state index contributed by atoms with van der Waals surface area (Å²) in [6.07, 6.45) is 4.23. The van der Waals surface area contributed by atoms with E-state index < -0.39 is 0 Å². The second kappa shape index (κ2) is 8.59. The highest BCUT2D eigenvalue weighted by Crippen LogP contribution is 2.29. The molecule has 0 radical (unpaired) electrons. The summed E-state index contributed by atoms with van der Waals surface area (Å²) in [4.78, 5) is 19.4. The number of nitrogens with one attached hydrogen (secondary N) is 4. The van der Waals surface area contributed by atoms with Gasteiger partial charge in [0.15, 0.2) is 0 Å². The Balaban J connectivity index is 1.25. The summed E-state index contributed by atoms with van der Waals surface area (Å²) in [6.45, 7) is 4.71. The molecular formula is C18H34N6O3. The third kappa shape index (κ3) is 4.38. The van der Waals surface area contributed by atoms with Crippen molar-refractivity contribution in [3.63, 3.8) is 0 Å². The van der Waals surface area contributed by atoms with Gasteiger partial charge in [0, 0.05) is 51.1 Å². The Morgan fingerprint density at radius 2 is 1.96 bits per heavy atom. The van der Waals surface area contributed by atoms with Crippen molar-refractivity contribution in [2.75, 3.05) is 46.9 Å². The van der Waals surface area contributed by atoms with Crippen LogP contribution in [-0.4, -0.2) is 81.3 Å². The molecule has 4 aliphatic rings. The SMILES string of the molecule is COC(=O)N1CCC(C2NOC(C3CCNC(C4CNN(C)C4)C3)N2)CC1. The van der Waals surface area contributed by atoms with Crippen molar-refractivity contribution in [2.45, 2.75) is 44.1 Å². The second-order valence-corrected chi connectivity index (χ2v) is 8.44. The minimum atomic E-state index is -0.220. The first-order valence-electron chi connectivity index (χ1n) is 10.3. The van der Waals surface area contributed by atoms with Crippen molar-refractivity contribution in [3.05, 3.63) is 0 Å². The number of likely N-dealkylation sites (tertiary alicyclic amines) is 1. The summed E-state index contributed by atoms with van der Waals surface area (Å²) in [6, 6.07) is 0.550. The van der Waals surface area contributed by atoms with Crippen LogP contribution in [0.3, 0.4) is 0 Å². The van der Waals surface area contributed by atoms with E-state index in [1.807, 2.05) is 0 Å². The van der Waals surface area contributed by atoms with Gasteiger partial charge in [-0.05, 0) is 38.1 Å². The van der Waals surface area contributed by atoms with Gasteiger partial charge in [0.2, 0.25) is 0 Å². The summed E-state index contributed by atoms with van der Waals surface area (Å²) < 4.78 is 4.82. The van der Waals surface area contributed by atoms with Gasteiger partial charge in [-0.15, -0.1) is 0 Å². The molecule has 0 aromatic heterocycles. The quantitative estimate of drug-likeness (QED) is 0.528. The van der Waals surface area contributed by atoms with Gasteiger partial charge in [0.1, 0.15) is 6.23 Å². The van der Waals surface area contributed by atoms with Crippen molar-refractivity contribution in [3.8, 4) is 0 Å². The lowest BCUT2D eigenvalue weighted by molar-refractivity contribution is -0.0275. The summed E-state index contributed by atoms with van der Waals surface area (Å²) in [5, 5.41) is 9.59. The van der Waals surface area contributed by atoms with E-state index in [0.29, 0.717) is 23.8 Å². The number of amides is 1. The lowest BCUT2D eigenvalue weighted by atomic mass is 9.84. The van der Waals surface area contributed by atoms with Crippen molar-refractivity contribution < 1.29 is 14.4 Å². The first-order valence-corrected chi connectivity index (χ1v) is 10.3. The van der Waals surface area contributed by atoms with Gasteiger partial charge in [-0.25, -0.2) is 9.80 Å². The molecule has 4 fully saturated rings. The monoisotopic (exact) mass is 382 g/mol. The summed E-state index contributed by atoms with van der Waals surface area (Å²) in [7, 11) is 3.56. The van der Waals surface area contributed by atoms with Gasteiger partial charge in [0.25, 0.3) is 0 Å². The molecule has 0 bridgehead atoms. The van der Waals surface area contributed by atoms with E-state index in [9.17, 15) is 4.79 Å². The van der Waals surface area contributed by atoms with Crippen LogP contribution >= 0.6 is 0 Å². The van der Waals surface area contributed by atoms with Gasteiger partial charge in [-0.3, -0.25) is 15.6 Å². The van der Waals surface area contributed by atoms with Crippen molar-refractivity contribution in [2.24, 2.45) is 17.8 Å². The Morgan fingerprint density at radius 1 is 1.15 bits per heavy atom. The maximum absolute atomic E-state index is 11.6. The fourth-order valence-corrected chi connectivity index (χ4v) is 5.04. The van der Waals surface area contributed by atoms with Crippen LogP contribution in [-0.2, 0) is 9.57 Å². The highest BCUT2D eigenvalue weighted by Gasteiger charge is 2.40. The van der Waals surface area contributed by atoms with Gasteiger partial charge in [-0.2, -0.15) is 5.48 Å². The van der Waals surface area contributed by atoms with Crippen LogP contribution in [0.5, 0.6) is 0 Å². The number of hydrogen-bond acceptors (Lipinski definition) is 8. The van der Waals surface area contributed by atoms with E-state index in [2.05, 4.69) is 33.6 Å². The number of methoxy groups -OCH3 is 1. The van der Waals surface area contributed by atoms with Crippen LogP contribution in [0.1, 0.15) is 25.7 Å². The predicted octanol–water partition coefficient (Wildman–Crippen LogP) is -0.324. The molecule has 154 valence electrons. The van der Waals surface area contributed by atoms with Crippen LogP contribution in [0, 0.1) is 17.8 Å². The van der Waals surface area contributed by atoms with Crippen LogP contribution in [0.25, 0.3) is 0 Å². The smallest absolute Gasteiger partial charge is 0.409 e. The number of piperidine rings is 2. The zero-order valence-electron chi connectivity index (χ0n) is 16.4. The zero-order chi connectivity index (χ0) is 18.8. The van der Waals surface area contributed by atoms with Gasteiger partial charge < -0.3 is 15.0 Å². The highest BCUT2D eigenvalue weighted by molar-refractivity contribution is 5.67. The predicted molar refractivity (Wildman–Crippen MR) is 100 cm³/mol. The number of hydrazine groups is 1. The largest absolute Gasteiger partial charge is 0.453 e. The fourth-order valence-electron chi connectivity index (χ4n) is 5.04. The Bertz CT molecular complexity index is 515. The molecule has 4 heterocycles. The molecule has 27 heavy (non-hydrogen) atoms. The van der Waals surface area contributed by atoms with Crippen LogP contribution in [0.15, 0.2) is 0 Å². The maximum atomic E-state index is 11.6. The molecule has 9 nitrogen and oxygen atoms in total. The van der Waals surface area contributed by atoms with Crippen LogP contribution < -0.4 is 21.5 Å². The molecular weight excluding hydrogens is 348 g/mol. The molecule has 5 atom stereocenters. The van der Waals surface area contributed by atoms with Gasteiger partial charge >= 0.3 is 6.09 Å². The lowest BCUT2D eigenvalue weighted by Gasteiger charge is -2.36. The van der Waals surface area contributed by atoms with Crippen molar-refractivity contribution in [1.82, 2.24) is 31.4 Å². The number of nitrogens with zero attached hydrogens (tertiary/aromatic N) is 2. The Hall–Kier alpha value is -0.970. The molecule has 0 aromatic carbocycles. The molecule has 0 saturated carbocycles. The normalized spacial score (nSPS) is 39.0. The molecule has 0 spiro atoms. The third-order valence-corrected chi connectivity index (χ3v) is 6.72. The number of hydroxylamine groups is 1. The minimum absolute atomic E-state index is 0.0744. The molecule has 4 aliphatic heterocycles. The zero-order valence-corrected chi connectivity index (χ0v) is 16.4. The fraction of sp³-hybridized carbons (Fsp3) is 0.944. The number of rotatable bonds is 3. The second-order valence-electron chi connectivity index (χ2n) is 8.44. The topological polar surface area (TPSA) is 90.1 Å². The van der Waals surface area contributed by atoms with E-state index in [0.717, 1.165) is 58.4 Å². The number of carbonyl (C=O) groups is 1. The standard InChI is InChI=1S/C18H34N6O3/c1-23-11-14(10-20-23)15-9-13(3-6-19-15)17-21-16(22-27-17)12-4-7-24(8-5-12)18(25)26-2/h12-17,19-22H,3-11H2,1-2H3.